The first-order valence-corrected chi connectivity index (χ1v) is 12.1. The topological polar surface area (TPSA) is 42.0 Å². The number of hydrogen-bond donors (Lipinski definition) is 0. The quantitative estimate of drug-likeness (QED) is 0.645. The smallest absolute Gasteiger partial charge is 0.399 e. The van der Waals surface area contributed by atoms with Crippen LogP contribution in [0, 0.1) is 5.92 Å². The lowest BCUT2D eigenvalue weighted by Crippen LogP contribution is -2.56. The van der Waals surface area contributed by atoms with Crippen molar-refractivity contribution in [3.05, 3.63) is 23.8 Å². The Morgan fingerprint density at radius 3 is 2.15 bits per heavy atom. The normalized spacial score (nSPS) is 34.0. The van der Waals surface area contributed by atoms with Gasteiger partial charge in [0.25, 0.3) is 5.92 Å². The van der Waals surface area contributed by atoms with Crippen molar-refractivity contribution >= 4 is 24.2 Å². The average Bonchev–Trinajstić information content (AvgIpc) is 3.13. The maximum absolute atomic E-state index is 14.0. The van der Waals surface area contributed by atoms with Crippen LogP contribution in [-0.4, -0.2) is 60.2 Å². The van der Waals surface area contributed by atoms with Crippen LogP contribution in [0.3, 0.4) is 0 Å². The molecule has 1 unspecified atom stereocenters. The molecule has 3 aliphatic heterocycles. The zero-order valence-electron chi connectivity index (χ0n) is 20.7. The van der Waals surface area contributed by atoms with Gasteiger partial charge >= 0.3 is 7.12 Å². The summed E-state index contributed by atoms with van der Waals surface area (Å²) in [6.45, 7) is 13.9. The van der Waals surface area contributed by atoms with Gasteiger partial charge in [0, 0.05) is 30.2 Å². The van der Waals surface area contributed by atoms with E-state index in [0.29, 0.717) is 6.54 Å². The van der Waals surface area contributed by atoms with Gasteiger partial charge in [-0.2, -0.15) is 0 Å². The van der Waals surface area contributed by atoms with E-state index in [4.69, 9.17) is 9.31 Å². The Labute approximate surface area is 195 Å². The van der Waals surface area contributed by atoms with E-state index in [0.717, 1.165) is 29.6 Å². The summed E-state index contributed by atoms with van der Waals surface area (Å²) >= 11 is 0. The molecule has 1 amide bonds. The van der Waals surface area contributed by atoms with Gasteiger partial charge in [0.2, 0.25) is 5.91 Å². The molecule has 8 heteroatoms. The van der Waals surface area contributed by atoms with Crippen LogP contribution < -0.4 is 10.4 Å². The predicted molar refractivity (Wildman–Crippen MR) is 125 cm³/mol. The number of halogens is 2. The van der Waals surface area contributed by atoms with Crippen molar-refractivity contribution in [3.8, 4) is 0 Å². The SMILES string of the molecule is CC1CN(C2CC(N3C(=O)C(C)(C)c4ccc(B5OC(C)(C)C(C)(C)O5)cc43)C2)CC1(F)F. The first-order chi connectivity index (χ1) is 15.1. The number of likely N-dealkylation sites (tertiary alicyclic amines) is 1. The van der Waals surface area contributed by atoms with E-state index >= 15 is 0 Å². The zero-order chi connectivity index (χ0) is 24.1. The second-order valence-corrected chi connectivity index (χ2v) is 12.0. The van der Waals surface area contributed by atoms with Crippen molar-refractivity contribution in [1.29, 1.82) is 0 Å². The lowest BCUT2D eigenvalue weighted by molar-refractivity contribution is -0.123. The van der Waals surface area contributed by atoms with E-state index in [2.05, 4.69) is 0 Å². The molecule has 5 nitrogen and oxygen atoms in total. The van der Waals surface area contributed by atoms with E-state index in [1.807, 2.05) is 69.5 Å². The van der Waals surface area contributed by atoms with Gasteiger partial charge in [0.1, 0.15) is 0 Å². The Bertz CT molecular complexity index is 974. The first kappa shape index (κ1) is 23.2. The molecule has 0 aromatic heterocycles. The summed E-state index contributed by atoms with van der Waals surface area (Å²) < 4.78 is 40.5. The van der Waals surface area contributed by atoms with Crippen molar-refractivity contribution < 1.29 is 22.9 Å². The van der Waals surface area contributed by atoms with Crippen LogP contribution in [0.1, 0.15) is 66.9 Å². The molecule has 0 bridgehead atoms. The third-order valence-electron chi connectivity index (χ3n) is 8.85. The number of hydrogen-bond acceptors (Lipinski definition) is 4. The predicted octanol–water partition coefficient (Wildman–Crippen LogP) is 3.73. The third-order valence-corrected chi connectivity index (χ3v) is 8.85. The molecular formula is C25H35BF2N2O3. The van der Waals surface area contributed by atoms with Gasteiger partial charge in [0.05, 0.1) is 23.2 Å². The standard InChI is InChI=1S/C25H35BF2N2O3/c1-15-13-29(14-25(15,27)28)17-11-18(12-17)30-20-10-16(8-9-19(20)22(2,3)21(30)31)26-32-23(4,5)24(6,7)33-26/h8-10,15,17-18H,11-14H2,1-7H3. The molecule has 180 valence electrons. The van der Waals surface area contributed by atoms with E-state index in [-0.39, 0.29) is 24.5 Å². The van der Waals surface area contributed by atoms with Crippen LogP contribution in [0.4, 0.5) is 14.5 Å². The van der Waals surface area contributed by atoms with Gasteiger partial charge in [-0.3, -0.25) is 9.69 Å². The summed E-state index contributed by atoms with van der Waals surface area (Å²) in [6.07, 6.45) is 1.45. The van der Waals surface area contributed by atoms with E-state index in [1.165, 1.54) is 0 Å². The molecule has 1 aliphatic carbocycles. The minimum absolute atomic E-state index is 0.0288. The number of nitrogens with zero attached hydrogens (tertiary/aromatic N) is 2. The number of rotatable bonds is 3. The maximum atomic E-state index is 14.0. The Hall–Kier alpha value is -1.51. The van der Waals surface area contributed by atoms with Crippen LogP contribution in [-0.2, 0) is 19.5 Å². The van der Waals surface area contributed by atoms with Crippen LogP contribution in [0.5, 0.6) is 0 Å². The molecule has 1 aromatic carbocycles. The Morgan fingerprint density at radius 2 is 1.61 bits per heavy atom. The van der Waals surface area contributed by atoms with Gasteiger partial charge in [-0.15, -0.1) is 0 Å². The van der Waals surface area contributed by atoms with Crippen LogP contribution in [0.25, 0.3) is 0 Å². The number of carbonyl (C=O) groups is 1. The number of carbonyl (C=O) groups excluding carboxylic acids is 1. The molecule has 0 spiro atoms. The van der Waals surface area contributed by atoms with Crippen molar-refractivity contribution in [2.45, 2.75) is 95.9 Å². The van der Waals surface area contributed by atoms with Crippen LogP contribution in [0.2, 0.25) is 0 Å². The van der Waals surface area contributed by atoms with Crippen molar-refractivity contribution in [2.24, 2.45) is 5.92 Å². The average molecular weight is 460 g/mol. The fraction of sp³-hybridized carbons (Fsp3) is 0.720. The molecule has 0 N–H and O–H groups in total. The molecule has 2 saturated heterocycles. The number of alkyl halides is 2. The molecule has 1 saturated carbocycles. The second kappa shape index (κ2) is 7.02. The van der Waals surface area contributed by atoms with Gasteiger partial charge in [0.15, 0.2) is 0 Å². The maximum Gasteiger partial charge on any atom is 0.494 e. The van der Waals surface area contributed by atoms with E-state index in [9.17, 15) is 13.6 Å². The van der Waals surface area contributed by atoms with Crippen molar-refractivity contribution in [1.82, 2.24) is 4.90 Å². The summed E-state index contributed by atoms with van der Waals surface area (Å²) in [5, 5.41) is 0. The molecule has 3 heterocycles. The molecule has 33 heavy (non-hydrogen) atoms. The fourth-order valence-corrected chi connectivity index (χ4v) is 5.61. The largest absolute Gasteiger partial charge is 0.494 e. The minimum Gasteiger partial charge on any atom is -0.399 e. The summed E-state index contributed by atoms with van der Waals surface area (Å²) in [6, 6.07) is 6.19. The van der Waals surface area contributed by atoms with Crippen molar-refractivity contribution in [2.75, 3.05) is 18.0 Å². The van der Waals surface area contributed by atoms with Gasteiger partial charge in [-0.05, 0) is 71.5 Å². The van der Waals surface area contributed by atoms with Crippen molar-refractivity contribution in [3.63, 3.8) is 0 Å². The highest BCUT2D eigenvalue weighted by Gasteiger charge is 2.55. The van der Waals surface area contributed by atoms with Gasteiger partial charge in [-0.1, -0.05) is 19.1 Å². The molecule has 0 radical (unpaired) electrons. The third kappa shape index (κ3) is 3.39. The number of amides is 1. The Kier molecular flexibility index (Phi) is 4.94. The first-order valence-electron chi connectivity index (χ1n) is 12.1. The number of fused-ring (bicyclic) bond motifs is 1. The summed E-state index contributed by atoms with van der Waals surface area (Å²) in [4.78, 5) is 17.3. The number of anilines is 1. The molecule has 3 fully saturated rings. The molecule has 4 aliphatic rings. The highest BCUT2D eigenvalue weighted by Crippen LogP contribution is 2.47. The fourth-order valence-electron chi connectivity index (χ4n) is 5.61. The molecule has 5 rings (SSSR count). The van der Waals surface area contributed by atoms with E-state index in [1.54, 1.807) is 6.92 Å². The van der Waals surface area contributed by atoms with Gasteiger partial charge in [-0.25, -0.2) is 8.78 Å². The summed E-state index contributed by atoms with van der Waals surface area (Å²) in [5.41, 5.74) is 1.29. The van der Waals surface area contributed by atoms with Crippen LogP contribution >= 0.6 is 0 Å². The zero-order valence-corrected chi connectivity index (χ0v) is 20.7. The highest BCUT2D eigenvalue weighted by molar-refractivity contribution is 6.62. The van der Waals surface area contributed by atoms with E-state index < -0.39 is 35.6 Å². The monoisotopic (exact) mass is 460 g/mol. The Balaban J connectivity index is 1.38. The number of benzene rings is 1. The summed E-state index contributed by atoms with van der Waals surface area (Å²) in [7, 11) is -0.497. The molecular weight excluding hydrogens is 425 g/mol. The second-order valence-electron chi connectivity index (χ2n) is 12.0. The Morgan fingerprint density at radius 1 is 1.00 bits per heavy atom. The lowest BCUT2D eigenvalue weighted by Gasteiger charge is -2.45. The lowest BCUT2D eigenvalue weighted by atomic mass is 9.76. The van der Waals surface area contributed by atoms with Crippen LogP contribution in [0.15, 0.2) is 18.2 Å². The summed E-state index contributed by atoms with van der Waals surface area (Å²) in [5.74, 6) is -3.17. The molecule has 1 aromatic rings. The highest BCUT2D eigenvalue weighted by atomic mass is 19.3. The molecule has 1 atom stereocenters. The minimum atomic E-state index is -2.62. The van der Waals surface area contributed by atoms with Gasteiger partial charge < -0.3 is 14.2 Å².